The number of likely N-dealkylation sites (N-methyl/N-ethyl adjacent to an activating group) is 1. The molecule has 4 aliphatic heterocycles. The average molecular weight is 429 g/mol. The normalized spacial score (nSPS) is 24.5. The Labute approximate surface area is 185 Å². The van der Waals surface area contributed by atoms with Crippen molar-refractivity contribution in [3.63, 3.8) is 0 Å². The first kappa shape index (κ1) is 27.3. The van der Waals surface area contributed by atoms with Crippen LogP contribution in [0.1, 0.15) is 44.9 Å². The third-order valence-electron chi connectivity index (χ3n) is 6.21. The van der Waals surface area contributed by atoms with Gasteiger partial charge in [-0.2, -0.15) is 0 Å². The second-order valence-corrected chi connectivity index (χ2v) is 9.21. The van der Waals surface area contributed by atoms with Gasteiger partial charge in [0.2, 0.25) is 0 Å². The Kier molecular flexibility index (Phi) is 15.4. The van der Waals surface area contributed by atoms with Gasteiger partial charge in [0.15, 0.2) is 0 Å². The van der Waals surface area contributed by atoms with Gasteiger partial charge in [-0.15, -0.1) is 0 Å². The third-order valence-corrected chi connectivity index (χ3v) is 6.21. The summed E-state index contributed by atoms with van der Waals surface area (Å²) in [5.41, 5.74) is 0. The molecule has 4 aliphatic rings. The lowest BCUT2D eigenvalue weighted by molar-refractivity contribution is -0.143. The molecule has 0 amide bonds. The van der Waals surface area contributed by atoms with E-state index >= 15 is 0 Å². The number of rotatable bonds is 1. The molecule has 7 nitrogen and oxygen atoms in total. The van der Waals surface area contributed by atoms with E-state index < -0.39 is 5.97 Å². The summed E-state index contributed by atoms with van der Waals surface area (Å²) in [6.07, 6.45) is 8.72. The van der Waals surface area contributed by atoms with Crippen molar-refractivity contribution in [1.29, 1.82) is 0 Å². The summed E-state index contributed by atoms with van der Waals surface area (Å²) in [6, 6.07) is 0. The zero-order valence-corrected chi connectivity index (χ0v) is 20.2. The number of piperidine rings is 2. The molecule has 4 saturated heterocycles. The van der Waals surface area contributed by atoms with Gasteiger partial charge in [-0.05, 0) is 106 Å². The largest absolute Gasteiger partial charge is 0.481 e. The second kappa shape index (κ2) is 16.9. The zero-order chi connectivity index (χ0) is 22.2. The van der Waals surface area contributed by atoms with E-state index in [2.05, 4.69) is 40.7 Å². The molecule has 0 atom stereocenters. The fourth-order valence-corrected chi connectivity index (χ4v) is 3.84. The lowest BCUT2D eigenvalue weighted by atomic mass is 9.98. The van der Waals surface area contributed by atoms with Crippen LogP contribution in [0.25, 0.3) is 0 Å². The summed E-state index contributed by atoms with van der Waals surface area (Å²) in [4.78, 5) is 19.6. The predicted molar refractivity (Wildman–Crippen MR) is 124 cm³/mol. The van der Waals surface area contributed by atoms with Gasteiger partial charge in [0.05, 0.1) is 19.1 Å². The summed E-state index contributed by atoms with van der Waals surface area (Å²) < 4.78 is 5.10. The van der Waals surface area contributed by atoms with Crippen LogP contribution in [0, 0.1) is 5.92 Å². The average Bonchev–Trinajstić information content (AvgIpc) is 3.22. The van der Waals surface area contributed by atoms with Crippen LogP contribution in [-0.2, 0) is 9.53 Å². The van der Waals surface area contributed by atoms with Crippen molar-refractivity contribution < 1.29 is 14.6 Å². The number of morpholine rings is 1. The minimum absolute atomic E-state index is 0.0869. The Bertz CT molecular complexity index is 397. The van der Waals surface area contributed by atoms with Crippen LogP contribution in [0.2, 0.25) is 0 Å². The number of aliphatic carboxylic acids is 1. The Morgan fingerprint density at radius 2 is 1.00 bits per heavy atom. The van der Waals surface area contributed by atoms with Crippen molar-refractivity contribution in [2.45, 2.75) is 44.9 Å². The summed E-state index contributed by atoms with van der Waals surface area (Å²) in [6.45, 7) is 11.2. The highest BCUT2D eigenvalue weighted by molar-refractivity contribution is 5.70. The van der Waals surface area contributed by atoms with Gasteiger partial charge < -0.3 is 29.4 Å². The number of carboxylic acids is 1. The van der Waals surface area contributed by atoms with E-state index in [-0.39, 0.29) is 5.92 Å². The second-order valence-electron chi connectivity index (χ2n) is 9.21. The number of ether oxygens (including phenoxy) is 1. The van der Waals surface area contributed by atoms with Crippen LogP contribution in [0.3, 0.4) is 0 Å². The van der Waals surface area contributed by atoms with E-state index in [1.807, 2.05) is 7.05 Å². The summed E-state index contributed by atoms with van der Waals surface area (Å²) in [5.74, 6) is -0.718. The molecular weight excluding hydrogens is 380 g/mol. The first-order chi connectivity index (χ1) is 14.4. The van der Waals surface area contributed by atoms with Crippen molar-refractivity contribution in [3.8, 4) is 0 Å². The highest BCUT2D eigenvalue weighted by Gasteiger charge is 2.22. The number of hydrogen-bond donors (Lipinski definition) is 1. The third kappa shape index (κ3) is 14.3. The maximum absolute atomic E-state index is 10.4. The number of nitrogens with zero attached hydrogens (tertiary/aromatic N) is 4. The molecule has 0 aromatic heterocycles. The van der Waals surface area contributed by atoms with Gasteiger partial charge in [0.1, 0.15) is 0 Å². The minimum atomic E-state index is -0.631. The maximum Gasteiger partial charge on any atom is 0.306 e. The van der Waals surface area contributed by atoms with Gasteiger partial charge in [-0.3, -0.25) is 4.79 Å². The van der Waals surface area contributed by atoms with E-state index in [0.29, 0.717) is 0 Å². The smallest absolute Gasteiger partial charge is 0.306 e. The molecule has 4 rings (SSSR count). The topological polar surface area (TPSA) is 59.5 Å². The lowest BCUT2D eigenvalue weighted by Gasteiger charge is -2.25. The minimum Gasteiger partial charge on any atom is -0.481 e. The van der Waals surface area contributed by atoms with E-state index in [1.165, 1.54) is 58.3 Å². The van der Waals surface area contributed by atoms with E-state index in [9.17, 15) is 4.79 Å². The molecule has 0 spiro atoms. The molecule has 7 heteroatoms. The fraction of sp³-hybridized carbons (Fsp3) is 0.957. The molecule has 0 bridgehead atoms. The SMILES string of the molecule is CN1CCC(C(=O)O)CC1.CN1CCCC1.CN1CCCCC1.CN1CCOCC1. The van der Waals surface area contributed by atoms with E-state index in [0.717, 1.165) is 52.2 Å². The molecule has 4 fully saturated rings. The Balaban J connectivity index is 0.000000204. The molecule has 0 saturated carbocycles. The summed E-state index contributed by atoms with van der Waals surface area (Å²) >= 11 is 0. The molecular formula is C23H48N4O3. The number of carbonyl (C=O) groups is 1. The first-order valence-corrected chi connectivity index (χ1v) is 11.9. The first-order valence-electron chi connectivity index (χ1n) is 11.9. The van der Waals surface area contributed by atoms with Crippen molar-refractivity contribution >= 4 is 5.97 Å². The fourth-order valence-electron chi connectivity index (χ4n) is 3.84. The van der Waals surface area contributed by atoms with Crippen molar-refractivity contribution in [1.82, 2.24) is 19.6 Å². The molecule has 0 aromatic rings. The monoisotopic (exact) mass is 428 g/mol. The van der Waals surface area contributed by atoms with Crippen LogP contribution in [0.15, 0.2) is 0 Å². The number of likely N-dealkylation sites (tertiary alicyclic amines) is 3. The molecule has 30 heavy (non-hydrogen) atoms. The Hall–Kier alpha value is -0.730. The quantitative estimate of drug-likeness (QED) is 0.687. The molecule has 1 N–H and O–H groups in total. The standard InChI is InChI=1S/C7H13NO2.C6H13N.C5H11NO.C5H11N/c1-8-4-2-6(3-5-8)7(9)10;1-7-5-3-2-4-6-7;1-6-2-4-7-5-3-6;1-6-4-2-3-5-6/h6H,2-5H2,1H3,(H,9,10);2-6H2,1H3;2-5H2,1H3;2-5H2,1H3. The predicted octanol–water partition coefficient (Wildman–Crippen LogP) is 2.18. The van der Waals surface area contributed by atoms with Crippen molar-refractivity contribution in [3.05, 3.63) is 0 Å². The van der Waals surface area contributed by atoms with E-state index in [1.54, 1.807) is 0 Å². The Morgan fingerprint density at radius 3 is 1.27 bits per heavy atom. The molecule has 0 aromatic carbocycles. The Morgan fingerprint density at radius 1 is 0.633 bits per heavy atom. The number of carboxylic acid groups (broad SMARTS) is 1. The zero-order valence-electron chi connectivity index (χ0n) is 20.2. The van der Waals surface area contributed by atoms with Gasteiger partial charge >= 0.3 is 5.97 Å². The molecule has 0 aliphatic carbocycles. The van der Waals surface area contributed by atoms with Crippen LogP contribution in [-0.4, -0.2) is 124 Å². The van der Waals surface area contributed by atoms with Crippen LogP contribution in [0.4, 0.5) is 0 Å². The molecule has 4 heterocycles. The van der Waals surface area contributed by atoms with Gasteiger partial charge in [0, 0.05) is 13.1 Å². The summed E-state index contributed by atoms with van der Waals surface area (Å²) in [5, 5.41) is 8.61. The lowest BCUT2D eigenvalue weighted by Crippen LogP contribution is -2.33. The number of hydrogen-bond acceptors (Lipinski definition) is 6. The molecule has 178 valence electrons. The highest BCUT2D eigenvalue weighted by Crippen LogP contribution is 2.15. The van der Waals surface area contributed by atoms with Crippen LogP contribution >= 0.6 is 0 Å². The van der Waals surface area contributed by atoms with Gasteiger partial charge in [-0.1, -0.05) is 6.42 Å². The van der Waals surface area contributed by atoms with Crippen LogP contribution in [0.5, 0.6) is 0 Å². The summed E-state index contributed by atoms with van der Waals surface area (Å²) in [7, 11) is 8.51. The molecule has 0 unspecified atom stereocenters. The van der Waals surface area contributed by atoms with Gasteiger partial charge in [0.25, 0.3) is 0 Å². The van der Waals surface area contributed by atoms with Crippen molar-refractivity contribution in [2.75, 3.05) is 93.8 Å². The van der Waals surface area contributed by atoms with Crippen LogP contribution < -0.4 is 0 Å². The highest BCUT2D eigenvalue weighted by atomic mass is 16.5. The maximum atomic E-state index is 10.4. The van der Waals surface area contributed by atoms with Gasteiger partial charge in [-0.25, -0.2) is 0 Å². The van der Waals surface area contributed by atoms with E-state index in [4.69, 9.17) is 9.84 Å². The molecule has 0 radical (unpaired) electrons. The van der Waals surface area contributed by atoms with Crippen molar-refractivity contribution in [2.24, 2.45) is 5.92 Å².